The molecule has 58 heavy (non-hydrogen) atoms. The third-order valence-electron chi connectivity index (χ3n) is 10.7. The number of alkyl halides is 12. The number of halogens is 12. The van der Waals surface area contributed by atoms with E-state index in [0.717, 1.165) is 6.08 Å². The van der Waals surface area contributed by atoms with Crippen LogP contribution < -0.4 is 21.2 Å². The van der Waals surface area contributed by atoms with Gasteiger partial charge in [-0.15, -0.1) is 0 Å². The standard InChI is InChI=1S/C42H20F12N4/c43-39(44,45)23-9-21(10-24(15-23)40(46,47)48)19-1-3-29-33(13-19)37(57-17-55)31-7-6-28-27(35(29)31)5-8-32-36(28)30-4-2-20(14-34(30)38(32)58-18-56)22-11-25(41(49,50)51)16-26(12-22)42(52,53)54/h1-3,5-9,11-15,25H,4,10,16H2. The van der Waals surface area contributed by atoms with E-state index in [9.17, 15) is 63.2 Å². The van der Waals surface area contributed by atoms with Gasteiger partial charge in [0.15, 0.2) is 0 Å². The van der Waals surface area contributed by atoms with Gasteiger partial charge >= 0.3 is 24.7 Å². The van der Waals surface area contributed by atoms with Crippen molar-refractivity contribution in [1.29, 1.82) is 10.5 Å². The van der Waals surface area contributed by atoms with Gasteiger partial charge < -0.3 is 0 Å². The van der Waals surface area contributed by atoms with Crippen LogP contribution in [0.5, 0.6) is 0 Å². The molecule has 0 N–H and O–H groups in total. The molecule has 16 heteroatoms. The molecule has 8 rings (SSSR count). The molecule has 1 unspecified atom stereocenters. The lowest BCUT2D eigenvalue weighted by atomic mass is 9.85. The topological polar surface area (TPSA) is 72.3 Å². The summed E-state index contributed by atoms with van der Waals surface area (Å²) in [4.78, 5) is 7.96. The highest BCUT2D eigenvalue weighted by molar-refractivity contribution is 6.27. The summed E-state index contributed by atoms with van der Waals surface area (Å²) >= 11 is 0. The van der Waals surface area contributed by atoms with Crippen molar-refractivity contribution in [2.45, 2.75) is 44.0 Å². The Morgan fingerprint density at radius 2 is 1.17 bits per heavy atom. The quantitative estimate of drug-likeness (QED) is 0.125. The van der Waals surface area contributed by atoms with E-state index in [2.05, 4.69) is 9.98 Å². The molecule has 292 valence electrons. The van der Waals surface area contributed by atoms with Crippen molar-refractivity contribution in [2.75, 3.05) is 0 Å². The maximum absolute atomic E-state index is 13.8. The third kappa shape index (κ3) is 6.37. The molecule has 4 nitrogen and oxygen atoms in total. The number of nitriles is 2. The first-order valence-corrected chi connectivity index (χ1v) is 17.2. The fourth-order valence-electron chi connectivity index (χ4n) is 8.13. The van der Waals surface area contributed by atoms with Gasteiger partial charge in [0.2, 0.25) is 12.4 Å². The Hall–Kier alpha value is -6.42. The average Bonchev–Trinajstić information content (AvgIpc) is 3.65. The number of allylic oxidation sites excluding steroid dienone is 10. The van der Waals surface area contributed by atoms with Gasteiger partial charge in [-0.3, -0.25) is 0 Å². The van der Waals surface area contributed by atoms with Crippen LogP contribution in [-0.4, -0.2) is 24.7 Å². The Morgan fingerprint density at radius 1 is 0.586 bits per heavy atom. The summed E-state index contributed by atoms with van der Waals surface area (Å²) in [5, 5.41) is 23.8. The molecule has 0 bridgehead atoms. The molecule has 0 heterocycles. The third-order valence-corrected chi connectivity index (χ3v) is 10.7. The number of nitrogens with zero attached hydrogens (tertiary/aromatic N) is 4. The number of hydrogen-bond acceptors (Lipinski definition) is 4. The summed E-state index contributed by atoms with van der Waals surface area (Å²) in [5.41, 5.74) is -4.09. The minimum atomic E-state index is -5.07. The summed E-state index contributed by atoms with van der Waals surface area (Å²) in [7, 11) is 0. The molecule has 0 saturated heterocycles. The second-order valence-corrected chi connectivity index (χ2v) is 14.0. The van der Waals surface area contributed by atoms with Gasteiger partial charge in [0, 0.05) is 38.9 Å². The number of rotatable bonds is 1. The highest BCUT2D eigenvalue weighted by Crippen LogP contribution is 2.44. The molecule has 3 aliphatic rings. The molecule has 0 aromatic heterocycles. The summed E-state index contributed by atoms with van der Waals surface area (Å²) in [6.07, 6.45) is -13.7. The van der Waals surface area contributed by atoms with Crippen LogP contribution in [0.3, 0.4) is 0 Å². The Kier molecular flexibility index (Phi) is 8.66. The Morgan fingerprint density at radius 3 is 1.79 bits per heavy atom. The lowest BCUT2D eigenvalue weighted by Gasteiger charge is -2.26. The second-order valence-electron chi connectivity index (χ2n) is 14.0. The van der Waals surface area contributed by atoms with Crippen LogP contribution in [0.25, 0.3) is 54.7 Å². The summed E-state index contributed by atoms with van der Waals surface area (Å²) in [6, 6.07) is 10.9. The van der Waals surface area contributed by atoms with Gasteiger partial charge in [0.1, 0.15) is 0 Å². The van der Waals surface area contributed by atoms with Gasteiger partial charge in [-0.05, 0) is 97.6 Å². The normalized spacial score (nSPS) is 19.7. The molecule has 0 radical (unpaired) electrons. The first kappa shape index (κ1) is 38.5. The van der Waals surface area contributed by atoms with Crippen LogP contribution in [0.15, 0.2) is 111 Å². The van der Waals surface area contributed by atoms with Crippen molar-refractivity contribution in [1.82, 2.24) is 0 Å². The molecule has 0 saturated carbocycles. The highest BCUT2D eigenvalue weighted by Gasteiger charge is 2.46. The first-order chi connectivity index (χ1) is 27.2. The molecule has 5 aromatic carbocycles. The predicted octanol–water partition coefficient (Wildman–Crippen LogP) is 9.73. The fourth-order valence-corrected chi connectivity index (χ4v) is 8.13. The first-order valence-electron chi connectivity index (χ1n) is 17.2. The van der Waals surface area contributed by atoms with E-state index in [1.165, 1.54) is 30.4 Å². The average molecular weight is 809 g/mol. The minimum absolute atomic E-state index is 0.0273. The summed E-state index contributed by atoms with van der Waals surface area (Å²) in [5.74, 6) is -2.38. The molecular formula is C42H20F12N4. The Bertz CT molecular complexity index is 3160. The van der Waals surface area contributed by atoms with Crippen molar-refractivity contribution >= 4 is 54.7 Å². The van der Waals surface area contributed by atoms with Crippen molar-refractivity contribution in [3.8, 4) is 12.4 Å². The van der Waals surface area contributed by atoms with Gasteiger partial charge in [0.05, 0.1) is 22.2 Å². The van der Waals surface area contributed by atoms with Gasteiger partial charge in [-0.1, -0.05) is 48.6 Å². The van der Waals surface area contributed by atoms with E-state index < -0.39 is 60.2 Å². The number of fused-ring (bicyclic) bond motifs is 9. The molecular weight excluding hydrogens is 788 g/mol. The van der Waals surface area contributed by atoms with E-state index in [4.69, 9.17) is 0 Å². The summed E-state index contributed by atoms with van der Waals surface area (Å²) in [6.45, 7) is 0. The zero-order valence-corrected chi connectivity index (χ0v) is 29.0. The zero-order valence-electron chi connectivity index (χ0n) is 29.0. The molecule has 5 aromatic rings. The van der Waals surface area contributed by atoms with Crippen LogP contribution in [0.1, 0.15) is 18.4 Å². The van der Waals surface area contributed by atoms with E-state index in [-0.39, 0.29) is 50.5 Å². The predicted molar refractivity (Wildman–Crippen MR) is 189 cm³/mol. The van der Waals surface area contributed by atoms with Gasteiger partial charge in [-0.25, -0.2) is 0 Å². The van der Waals surface area contributed by atoms with E-state index in [0.29, 0.717) is 60.6 Å². The minimum Gasteiger partial charge on any atom is -0.172 e. The number of hydrogen-bond donors (Lipinski definition) is 0. The summed E-state index contributed by atoms with van der Waals surface area (Å²) < 4.78 is 165. The maximum atomic E-state index is 13.8. The van der Waals surface area contributed by atoms with E-state index in [1.807, 2.05) is 0 Å². The van der Waals surface area contributed by atoms with Crippen molar-refractivity contribution < 1.29 is 52.7 Å². The van der Waals surface area contributed by atoms with Gasteiger partial charge in [0.25, 0.3) is 0 Å². The lowest BCUT2D eigenvalue weighted by Crippen LogP contribution is -2.29. The maximum Gasteiger partial charge on any atom is 0.416 e. The molecule has 3 aliphatic carbocycles. The van der Waals surface area contributed by atoms with E-state index in [1.54, 1.807) is 36.7 Å². The molecule has 0 aliphatic heterocycles. The van der Waals surface area contributed by atoms with Crippen LogP contribution in [0.2, 0.25) is 0 Å². The molecule has 0 amide bonds. The monoisotopic (exact) mass is 808 g/mol. The highest BCUT2D eigenvalue weighted by atomic mass is 19.4. The van der Waals surface area contributed by atoms with Crippen LogP contribution in [0, 0.1) is 28.8 Å². The van der Waals surface area contributed by atoms with Crippen molar-refractivity contribution in [3.05, 3.63) is 127 Å². The largest absolute Gasteiger partial charge is 0.416 e. The Labute approximate surface area is 317 Å². The molecule has 0 spiro atoms. The van der Waals surface area contributed by atoms with Crippen molar-refractivity contribution in [3.63, 3.8) is 0 Å². The van der Waals surface area contributed by atoms with E-state index >= 15 is 0 Å². The lowest BCUT2D eigenvalue weighted by molar-refractivity contribution is -0.165. The van der Waals surface area contributed by atoms with Gasteiger partial charge in [-0.2, -0.15) is 73.2 Å². The van der Waals surface area contributed by atoms with Crippen LogP contribution in [-0.2, 0) is 6.42 Å². The van der Waals surface area contributed by atoms with Crippen molar-refractivity contribution in [2.24, 2.45) is 15.9 Å². The Balaban J connectivity index is 1.37. The number of benzene rings is 3. The second kappa shape index (κ2) is 13.1. The molecule has 0 fully saturated rings. The van der Waals surface area contributed by atoms with Crippen LogP contribution in [0.4, 0.5) is 52.7 Å². The fraction of sp³-hybridized carbons (Fsp3) is 0.190. The van der Waals surface area contributed by atoms with Crippen LogP contribution >= 0.6 is 0 Å². The molecule has 1 atom stereocenters. The smallest absolute Gasteiger partial charge is 0.172 e. The SMILES string of the molecule is N#CN=c1c2c(c3c1ccc1c3ccc3c(=NC#N)c4cc(=C5C=C(C(F)(F)F)C=C(C(F)(F)F)C5)ccc4c31)CC=C(C1=CC(C(F)(F)F)CC(C(F)(F)F)=C1)C=2. The zero-order chi connectivity index (χ0) is 41.7.